The van der Waals surface area contributed by atoms with Gasteiger partial charge in [0.15, 0.2) is 5.57 Å². The highest BCUT2D eigenvalue weighted by molar-refractivity contribution is 6.32. The summed E-state index contributed by atoms with van der Waals surface area (Å²) in [4.78, 5) is 23.1. The van der Waals surface area contributed by atoms with Crippen molar-refractivity contribution in [1.82, 2.24) is 0 Å². The standard InChI is InChI=1S/C14H8F6N2O4/c1-6-9(10(12(24)25)13(15,16)17)11(23)22(21-6)7-2-4-8(5-3-7)26-14(18,19)20/h2-5H,1H3,(H,24,25). The zero-order valence-electron chi connectivity index (χ0n) is 12.6. The third kappa shape index (κ3) is 3.95. The van der Waals surface area contributed by atoms with E-state index in [2.05, 4.69) is 9.84 Å². The van der Waals surface area contributed by atoms with E-state index in [9.17, 15) is 35.9 Å². The molecular weight excluding hydrogens is 374 g/mol. The van der Waals surface area contributed by atoms with Gasteiger partial charge in [-0.2, -0.15) is 23.3 Å². The van der Waals surface area contributed by atoms with Gasteiger partial charge in [-0.05, 0) is 31.2 Å². The first-order chi connectivity index (χ1) is 11.8. The predicted octanol–water partition coefficient (Wildman–Crippen LogP) is 3.25. The van der Waals surface area contributed by atoms with Gasteiger partial charge in [-0.15, -0.1) is 13.2 Å². The highest BCUT2D eigenvalue weighted by Gasteiger charge is 2.46. The fraction of sp³-hybridized carbons (Fsp3) is 0.214. The Morgan fingerprint density at radius 3 is 2.08 bits per heavy atom. The van der Waals surface area contributed by atoms with Gasteiger partial charge < -0.3 is 9.84 Å². The molecule has 140 valence electrons. The minimum atomic E-state index is -5.31. The van der Waals surface area contributed by atoms with Crippen LogP contribution in [-0.4, -0.2) is 35.2 Å². The minimum absolute atomic E-state index is 0.175. The van der Waals surface area contributed by atoms with Crippen molar-refractivity contribution in [1.29, 1.82) is 0 Å². The van der Waals surface area contributed by atoms with Crippen LogP contribution in [0.25, 0.3) is 0 Å². The first-order valence-electron chi connectivity index (χ1n) is 6.62. The first-order valence-corrected chi connectivity index (χ1v) is 6.62. The Labute approximate surface area is 141 Å². The number of carbonyl (C=O) groups is 2. The number of alkyl halides is 6. The molecule has 0 aliphatic carbocycles. The third-order valence-electron chi connectivity index (χ3n) is 3.08. The summed E-state index contributed by atoms with van der Waals surface area (Å²) in [6, 6.07) is 3.55. The number of benzene rings is 1. The van der Waals surface area contributed by atoms with Crippen molar-refractivity contribution in [2.45, 2.75) is 19.5 Å². The van der Waals surface area contributed by atoms with Crippen LogP contribution in [0.3, 0.4) is 0 Å². The van der Waals surface area contributed by atoms with Gasteiger partial charge in [0.2, 0.25) is 0 Å². The second-order valence-corrected chi connectivity index (χ2v) is 4.90. The summed E-state index contributed by atoms with van der Waals surface area (Å²) >= 11 is 0. The zero-order chi connectivity index (χ0) is 19.9. The number of carboxylic acid groups (broad SMARTS) is 1. The van der Waals surface area contributed by atoms with E-state index >= 15 is 0 Å². The molecule has 1 aromatic rings. The lowest BCUT2D eigenvalue weighted by molar-refractivity contribution is -0.274. The lowest BCUT2D eigenvalue weighted by Gasteiger charge is -2.14. The Bertz CT molecular complexity index is 808. The van der Waals surface area contributed by atoms with Gasteiger partial charge >= 0.3 is 18.5 Å². The number of nitrogens with zero attached hydrogens (tertiary/aromatic N) is 2. The number of halogens is 6. The Kier molecular flexibility index (Phi) is 4.71. The van der Waals surface area contributed by atoms with E-state index in [0.29, 0.717) is 5.01 Å². The first kappa shape index (κ1) is 19.3. The van der Waals surface area contributed by atoms with Gasteiger partial charge in [0.25, 0.3) is 5.91 Å². The highest BCUT2D eigenvalue weighted by Crippen LogP contribution is 2.34. The van der Waals surface area contributed by atoms with Crippen molar-refractivity contribution in [2.24, 2.45) is 5.10 Å². The Morgan fingerprint density at radius 1 is 1.12 bits per heavy atom. The maximum atomic E-state index is 12.9. The maximum absolute atomic E-state index is 12.9. The van der Waals surface area contributed by atoms with Crippen LogP contribution in [0.4, 0.5) is 32.0 Å². The van der Waals surface area contributed by atoms with Crippen LogP contribution in [0.2, 0.25) is 0 Å². The van der Waals surface area contributed by atoms with Crippen molar-refractivity contribution in [3.63, 3.8) is 0 Å². The molecule has 12 heteroatoms. The van der Waals surface area contributed by atoms with Crippen LogP contribution in [0.1, 0.15) is 6.92 Å². The maximum Gasteiger partial charge on any atom is 0.573 e. The topological polar surface area (TPSA) is 79.2 Å². The van der Waals surface area contributed by atoms with Crippen molar-refractivity contribution in [2.75, 3.05) is 5.01 Å². The molecule has 0 spiro atoms. The van der Waals surface area contributed by atoms with Crippen molar-refractivity contribution >= 4 is 23.3 Å². The number of ether oxygens (including phenoxy) is 1. The molecule has 1 heterocycles. The van der Waals surface area contributed by atoms with Crippen LogP contribution >= 0.6 is 0 Å². The lowest BCUT2D eigenvalue weighted by Crippen LogP contribution is -2.29. The van der Waals surface area contributed by atoms with Crippen LogP contribution in [-0.2, 0) is 9.59 Å². The number of aliphatic carboxylic acids is 1. The van der Waals surface area contributed by atoms with Crippen LogP contribution in [0, 0.1) is 0 Å². The number of hydrogen-bond acceptors (Lipinski definition) is 4. The Morgan fingerprint density at radius 2 is 1.65 bits per heavy atom. The molecular formula is C14H8F6N2O4. The molecule has 26 heavy (non-hydrogen) atoms. The smallest absolute Gasteiger partial charge is 0.478 e. The normalized spacial score (nSPS) is 17.3. The molecule has 0 aromatic heterocycles. The summed E-state index contributed by atoms with van der Waals surface area (Å²) < 4.78 is 78.7. The van der Waals surface area contributed by atoms with Gasteiger partial charge in [-0.25, -0.2) is 4.79 Å². The van der Waals surface area contributed by atoms with Crippen LogP contribution < -0.4 is 9.75 Å². The predicted molar refractivity (Wildman–Crippen MR) is 74.4 cm³/mol. The molecule has 1 aromatic carbocycles. The summed E-state index contributed by atoms with van der Waals surface area (Å²) in [5.41, 5.74) is -3.91. The lowest BCUT2D eigenvalue weighted by atomic mass is 10.0. The van der Waals surface area contributed by atoms with Crippen LogP contribution in [0.15, 0.2) is 40.5 Å². The number of carbonyl (C=O) groups excluding carboxylic acids is 1. The number of hydrazone groups is 1. The number of rotatable bonds is 3. The van der Waals surface area contributed by atoms with Gasteiger partial charge in [0.1, 0.15) is 5.75 Å². The fourth-order valence-electron chi connectivity index (χ4n) is 2.13. The molecule has 0 saturated carbocycles. The van der Waals surface area contributed by atoms with E-state index in [4.69, 9.17) is 5.11 Å². The van der Waals surface area contributed by atoms with Gasteiger partial charge in [-0.1, -0.05) is 0 Å². The van der Waals surface area contributed by atoms with E-state index in [1.54, 1.807) is 0 Å². The highest BCUT2D eigenvalue weighted by atomic mass is 19.4. The van der Waals surface area contributed by atoms with Crippen LogP contribution in [0.5, 0.6) is 5.75 Å². The molecule has 0 fully saturated rings. The Balaban J connectivity index is 2.40. The number of carboxylic acids is 1. The summed E-state index contributed by atoms with van der Waals surface area (Å²) in [6.07, 6.45) is -10.3. The van der Waals surface area contributed by atoms with E-state index in [1.165, 1.54) is 0 Å². The molecule has 0 bridgehead atoms. The monoisotopic (exact) mass is 382 g/mol. The van der Waals surface area contributed by atoms with E-state index in [1.807, 2.05) is 0 Å². The third-order valence-corrected chi connectivity index (χ3v) is 3.08. The second kappa shape index (κ2) is 6.35. The van der Waals surface area contributed by atoms with E-state index in [0.717, 1.165) is 31.2 Å². The largest absolute Gasteiger partial charge is 0.573 e. The summed E-state index contributed by atoms with van der Waals surface area (Å²) in [7, 11) is 0. The zero-order valence-corrected chi connectivity index (χ0v) is 12.6. The fourth-order valence-corrected chi connectivity index (χ4v) is 2.13. The average Bonchev–Trinajstić information content (AvgIpc) is 2.73. The molecule has 0 atom stereocenters. The summed E-state index contributed by atoms with van der Waals surface area (Å²) in [5, 5.41) is 12.8. The summed E-state index contributed by atoms with van der Waals surface area (Å²) in [6.45, 7) is 1.00. The van der Waals surface area contributed by atoms with Crippen molar-refractivity contribution < 1.29 is 45.8 Å². The molecule has 1 aliphatic heterocycles. The van der Waals surface area contributed by atoms with Gasteiger partial charge in [0.05, 0.1) is 17.0 Å². The number of hydrogen-bond donors (Lipinski definition) is 1. The minimum Gasteiger partial charge on any atom is -0.478 e. The van der Waals surface area contributed by atoms with E-state index < -0.39 is 47.0 Å². The molecule has 0 unspecified atom stereocenters. The van der Waals surface area contributed by atoms with Gasteiger partial charge in [-0.3, -0.25) is 4.79 Å². The molecule has 0 radical (unpaired) electrons. The van der Waals surface area contributed by atoms with Gasteiger partial charge in [0, 0.05) is 0 Å². The molecule has 1 amide bonds. The average molecular weight is 382 g/mol. The quantitative estimate of drug-likeness (QED) is 0.643. The number of amides is 1. The molecule has 1 aliphatic rings. The summed E-state index contributed by atoms with van der Waals surface area (Å²) in [5.74, 6) is -4.35. The van der Waals surface area contributed by atoms with Crippen molar-refractivity contribution in [3.8, 4) is 5.75 Å². The molecule has 0 saturated heterocycles. The second-order valence-electron chi connectivity index (χ2n) is 4.90. The molecule has 2 rings (SSSR count). The molecule has 1 N–H and O–H groups in total. The van der Waals surface area contributed by atoms with E-state index in [-0.39, 0.29) is 5.69 Å². The van der Waals surface area contributed by atoms with Crippen molar-refractivity contribution in [3.05, 3.63) is 35.4 Å². The molecule has 6 nitrogen and oxygen atoms in total. The SMILES string of the molecule is CC1=NN(c2ccc(OC(F)(F)F)cc2)C(=O)C1=C(C(=O)O)C(F)(F)F. The number of anilines is 1. The Hall–Kier alpha value is -3.05.